The summed E-state index contributed by atoms with van der Waals surface area (Å²) in [5.41, 5.74) is 0.362. The van der Waals surface area contributed by atoms with Crippen LogP contribution in [0.2, 0.25) is 0 Å². The molecular formula is C5H5ClN2O2. The molecule has 0 spiro atoms. The van der Waals surface area contributed by atoms with Crippen molar-refractivity contribution in [2.24, 2.45) is 0 Å². The highest BCUT2D eigenvalue weighted by atomic mass is 35.5. The predicted molar refractivity (Wildman–Crippen MR) is 35.5 cm³/mol. The first kappa shape index (κ1) is 7.08. The Bertz CT molecular complexity index is 212. The lowest BCUT2D eigenvalue weighted by Gasteiger charge is -2.10. The number of carbonyl (C=O) groups excluding carboxylic acids is 2. The Morgan fingerprint density at radius 2 is 2.40 bits per heavy atom. The van der Waals surface area contributed by atoms with Gasteiger partial charge < -0.3 is 10.6 Å². The summed E-state index contributed by atoms with van der Waals surface area (Å²) in [7, 11) is 0. The Morgan fingerprint density at radius 3 is 2.80 bits per heavy atom. The fraction of sp³-hybridized carbons (Fsp3) is 0.200. The summed E-state index contributed by atoms with van der Waals surface area (Å²) in [5.74, 6) is 0. The van der Waals surface area contributed by atoms with Crippen molar-refractivity contribution in [3.05, 3.63) is 11.8 Å². The summed E-state index contributed by atoms with van der Waals surface area (Å²) in [6.07, 6.45) is 1.30. The third kappa shape index (κ3) is 1.48. The van der Waals surface area contributed by atoms with E-state index in [-0.39, 0.29) is 12.6 Å². The van der Waals surface area contributed by atoms with E-state index in [4.69, 9.17) is 11.6 Å². The standard InChI is InChI=1S/C5H5ClN2O2/c6-4(9)3-1-7-5(10)8-2-3/h1H,2H2,(H2,7,8,10). The number of hydrogen-bond acceptors (Lipinski definition) is 2. The molecule has 1 heterocycles. The average Bonchev–Trinajstić information content (AvgIpc) is 1.88. The van der Waals surface area contributed by atoms with Gasteiger partial charge in [0.2, 0.25) is 0 Å². The number of halogens is 1. The number of nitrogens with one attached hydrogen (secondary N) is 2. The van der Waals surface area contributed by atoms with Gasteiger partial charge >= 0.3 is 6.03 Å². The number of urea groups is 1. The number of rotatable bonds is 1. The van der Waals surface area contributed by atoms with Gasteiger partial charge in [0.1, 0.15) is 0 Å². The van der Waals surface area contributed by atoms with Crippen LogP contribution < -0.4 is 10.6 Å². The second kappa shape index (κ2) is 2.70. The summed E-state index contributed by atoms with van der Waals surface area (Å²) >= 11 is 5.11. The summed E-state index contributed by atoms with van der Waals surface area (Å²) in [6, 6.07) is -0.318. The largest absolute Gasteiger partial charge is 0.334 e. The van der Waals surface area contributed by atoms with Crippen molar-refractivity contribution >= 4 is 22.9 Å². The first-order chi connectivity index (χ1) is 4.70. The summed E-state index contributed by atoms with van der Waals surface area (Å²) in [5, 5.41) is 4.14. The zero-order valence-corrected chi connectivity index (χ0v) is 5.73. The Morgan fingerprint density at radius 1 is 1.70 bits per heavy atom. The van der Waals surface area contributed by atoms with E-state index < -0.39 is 5.24 Å². The SMILES string of the molecule is O=C1NC=C(C(=O)Cl)CN1. The van der Waals surface area contributed by atoms with Gasteiger partial charge in [-0.25, -0.2) is 4.79 Å². The fourth-order valence-electron chi connectivity index (χ4n) is 0.556. The van der Waals surface area contributed by atoms with Crippen LogP contribution in [0.1, 0.15) is 0 Å². The maximum absolute atomic E-state index is 10.4. The molecule has 0 fully saturated rings. The third-order valence-corrected chi connectivity index (χ3v) is 1.31. The van der Waals surface area contributed by atoms with Gasteiger partial charge in [0.05, 0.1) is 6.54 Å². The smallest absolute Gasteiger partial charge is 0.319 e. The first-order valence-corrected chi connectivity index (χ1v) is 3.01. The highest BCUT2D eigenvalue weighted by Gasteiger charge is 2.12. The van der Waals surface area contributed by atoms with E-state index in [9.17, 15) is 9.59 Å². The molecule has 4 nitrogen and oxygen atoms in total. The predicted octanol–water partition coefficient (Wildman–Crippen LogP) is -0.0515. The first-order valence-electron chi connectivity index (χ1n) is 2.63. The van der Waals surface area contributed by atoms with E-state index in [0.717, 1.165) is 0 Å². The Balaban J connectivity index is 2.65. The van der Waals surface area contributed by atoms with E-state index >= 15 is 0 Å². The molecule has 1 rings (SSSR count). The van der Waals surface area contributed by atoms with Crippen LogP contribution in [0.5, 0.6) is 0 Å². The molecule has 0 radical (unpaired) electrons. The van der Waals surface area contributed by atoms with Crippen molar-refractivity contribution in [2.45, 2.75) is 0 Å². The number of carbonyl (C=O) groups is 2. The van der Waals surface area contributed by atoms with E-state index in [2.05, 4.69) is 10.6 Å². The van der Waals surface area contributed by atoms with Crippen molar-refractivity contribution in [3.63, 3.8) is 0 Å². The highest BCUT2D eigenvalue weighted by Crippen LogP contribution is 1.99. The molecule has 2 amide bonds. The minimum atomic E-state index is -0.549. The lowest BCUT2D eigenvalue weighted by Crippen LogP contribution is -2.39. The van der Waals surface area contributed by atoms with Crippen molar-refractivity contribution in [1.82, 2.24) is 10.6 Å². The van der Waals surface area contributed by atoms with Crippen molar-refractivity contribution in [3.8, 4) is 0 Å². The molecule has 1 aliphatic rings. The van der Waals surface area contributed by atoms with Gasteiger partial charge in [-0.15, -0.1) is 0 Å². The van der Waals surface area contributed by atoms with Gasteiger partial charge in [-0.3, -0.25) is 4.79 Å². The van der Waals surface area contributed by atoms with Crippen LogP contribution in [-0.2, 0) is 4.79 Å². The van der Waals surface area contributed by atoms with Crippen LogP contribution in [-0.4, -0.2) is 17.8 Å². The van der Waals surface area contributed by atoms with E-state index in [0.29, 0.717) is 5.57 Å². The molecule has 0 aromatic rings. The minimum Gasteiger partial charge on any atom is -0.334 e. The van der Waals surface area contributed by atoms with Gasteiger partial charge in [-0.05, 0) is 11.6 Å². The molecule has 0 aromatic carbocycles. The third-order valence-electron chi connectivity index (χ3n) is 1.07. The van der Waals surface area contributed by atoms with Crippen LogP contribution in [0, 0.1) is 0 Å². The Kier molecular flexibility index (Phi) is 1.91. The molecule has 0 saturated carbocycles. The molecule has 10 heavy (non-hydrogen) atoms. The molecule has 54 valence electrons. The lowest BCUT2D eigenvalue weighted by molar-refractivity contribution is -0.108. The highest BCUT2D eigenvalue weighted by molar-refractivity contribution is 6.67. The summed E-state index contributed by atoms with van der Waals surface area (Å²) < 4.78 is 0. The van der Waals surface area contributed by atoms with Crippen molar-refractivity contribution in [2.75, 3.05) is 6.54 Å². The van der Waals surface area contributed by atoms with E-state index in [1.807, 2.05) is 0 Å². The maximum Gasteiger partial charge on any atom is 0.319 e. The maximum atomic E-state index is 10.4. The van der Waals surface area contributed by atoms with E-state index in [1.165, 1.54) is 6.20 Å². The van der Waals surface area contributed by atoms with Crippen molar-refractivity contribution < 1.29 is 9.59 Å². The van der Waals surface area contributed by atoms with Gasteiger partial charge in [0, 0.05) is 11.8 Å². The average molecular weight is 161 g/mol. The van der Waals surface area contributed by atoms with Gasteiger partial charge in [0.15, 0.2) is 0 Å². The molecule has 1 aliphatic heterocycles. The summed E-state index contributed by atoms with van der Waals surface area (Å²) in [4.78, 5) is 20.8. The van der Waals surface area contributed by atoms with E-state index in [1.54, 1.807) is 0 Å². The number of amides is 2. The zero-order chi connectivity index (χ0) is 7.56. The Labute approximate surface area is 62.2 Å². The molecule has 2 N–H and O–H groups in total. The van der Waals surface area contributed by atoms with Crippen LogP contribution in [0.3, 0.4) is 0 Å². The molecule has 0 atom stereocenters. The van der Waals surface area contributed by atoms with Gasteiger partial charge in [0.25, 0.3) is 5.24 Å². The van der Waals surface area contributed by atoms with Crippen LogP contribution in [0.25, 0.3) is 0 Å². The normalized spacial score (nSPS) is 16.9. The van der Waals surface area contributed by atoms with Crippen LogP contribution >= 0.6 is 11.6 Å². The Hall–Kier alpha value is -1.03. The molecule has 5 heteroatoms. The van der Waals surface area contributed by atoms with Crippen LogP contribution in [0.4, 0.5) is 4.79 Å². The molecule has 0 unspecified atom stereocenters. The van der Waals surface area contributed by atoms with Crippen molar-refractivity contribution in [1.29, 1.82) is 0 Å². The number of hydrogen-bond donors (Lipinski definition) is 2. The monoisotopic (exact) mass is 160 g/mol. The summed E-state index contributed by atoms with van der Waals surface area (Å²) in [6.45, 7) is 0.203. The molecular weight excluding hydrogens is 156 g/mol. The molecule has 0 aliphatic carbocycles. The van der Waals surface area contributed by atoms with Gasteiger partial charge in [-0.2, -0.15) is 0 Å². The lowest BCUT2D eigenvalue weighted by atomic mass is 10.3. The minimum absolute atomic E-state index is 0.203. The molecule has 0 saturated heterocycles. The second-order valence-electron chi connectivity index (χ2n) is 1.77. The topological polar surface area (TPSA) is 58.2 Å². The molecule has 0 bridgehead atoms. The fourth-order valence-corrected chi connectivity index (χ4v) is 0.678. The van der Waals surface area contributed by atoms with Gasteiger partial charge in [-0.1, -0.05) is 0 Å². The molecule has 0 aromatic heterocycles. The second-order valence-corrected chi connectivity index (χ2v) is 2.11. The quantitative estimate of drug-likeness (QED) is 0.529. The van der Waals surface area contributed by atoms with Crippen LogP contribution in [0.15, 0.2) is 11.8 Å². The zero-order valence-electron chi connectivity index (χ0n) is 4.98.